The zero-order chi connectivity index (χ0) is 57.6. The van der Waals surface area contributed by atoms with E-state index >= 15 is 0 Å². The summed E-state index contributed by atoms with van der Waals surface area (Å²) in [4.78, 5) is 24.8. The normalized spacial score (nSPS) is 11.7. The minimum absolute atomic E-state index is 0.928. The van der Waals surface area contributed by atoms with Crippen molar-refractivity contribution >= 4 is 54.6 Å². The fraction of sp³-hybridized carbons (Fsp3) is 0.0506. The van der Waals surface area contributed by atoms with Crippen LogP contribution in [0.15, 0.2) is 261 Å². The molecule has 86 heavy (non-hydrogen) atoms. The number of rotatable bonds is 9. The van der Waals surface area contributed by atoms with Crippen molar-refractivity contribution in [3.05, 3.63) is 284 Å². The molecular weight excluding hydrogens is 1050 g/mol. The summed E-state index contributed by atoms with van der Waals surface area (Å²) in [7, 11) is 0. The van der Waals surface area contributed by atoms with E-state index in [1.54, 1.807) is 0 Å². The van der Waals surface area contributed by atoms with Gasteiger partial charge in [0, 0.05) is 45.7 Å². The van der Waals surface area contributed by atoms with Gasteiger partial charge in [0.15, 0.2) is 0 Å². The number of hydrogen-bond acceptors (Lipinski definition) is 5. The Bertz CT molecular complexity index is 5160. The zero-order valence-corrected chi connectivity index (χ0v) is 48.0. The van der Waals surface area contributed by atoms with Crippen molar-refractivity contribution in [2.75, 3.05) is 0 Å². The molecule has 7 heterocycles. The minimum Gasteiger partial charge on any atom is -0.294 e. The Morgan fingerprint density at radius 1 is 0.256 bits per heavy atom. The van der Waals surface area contributed by atoms with E-state index in [1.807, 2.05) is 30.7 Å². The van der Waals surface area contributed by atoms with Gasteiger partial charge < -0.3 is 0 Å². The predicted octanol–water partition coefficient (Wildman–Crippen LogP) is 20.0. The van der Waals surface area contributed by atoms with Gasteiger partial charge in [-0.15, -0.1) is 0 Å². The Hall–Kier alpha value is -11.2. The lowest BCUT2D eigenvalue weighted by Gasteiger charge is -2.18. The standard InChI is InChI=1S/C79H55N7/c1-48-78-71-45-58(34-36-69(71)76-74(24-14-39-81-76)85(78)50(3)83-48)64-19-9-12-22-67(64)61-42-60(43-62(44-61)68-23-13-10-20-65(68)59-35-37-70-72(46-59)79-49(2)84-51(4)86(79)75-25-15-40-82-77(70)75)66-21-11-8-18-63(66)55-30-32-56(33-31-55)73-47-57(38-41-80-73)54-28-26-53(27-29-54)52-16-6-5-7-17-52/h5-47H,1-4H3. The highest BCUT2D eigenvalue weighted by atomic mass is 15.0. The molecule has 7 aromatic heterocycles. The third kappa shape index (κ3) is 8.38. The van der Waals surface area contributed by atoms with E-state index in [0.29, 0.717) is 0 Å². The highest BCUT2D eigenvalue weighted by Gasteiger charge is 2.21. The SMILES string of the molecule is Cc1nc(C)n2c3cccnc3c3ccc(-c4ccccc4-c4cc(-c5ccccc5-c5ccc(-c6cc(-c7ccc(-c8ccccc8)cc7)ccn6)cc5)cc(-c5ccccc5-c5ccc6c(c5)c5c(C)nc(C)n5c5cccnc65)c4)cc3c12. The molecule has 0 aliphatic rings. The first-order valence-electron chi connectivity index (χ1n) is 29.3. The maximum atomic E-state index is 5.00. The van der Waals surface area contributed by atoms with Crippen LogP contribution in [0.25, 0.3) is 155 Å². The second-order valence-corrected chi connectivity index (χ2v) is 22.5. The van der Waals surface area contributed by atoms with Gasteiger partial charge in [0.05, 0.1) is 50.2 Å². The van der Waals surface area contributed by atoms with E-state index in [9.17, 15) is 0 Å². The maximum Gasteiger partial charge on any atom is 0.110 e. The van der Waals surface area contributed by atoms with Crippen LogP contribution in [0.4, 0.5) is 0 Å². The fourth-order valence-corrected chi connectivity index (χ4v) is 13.5. The molecule has 16 aromatic rings. The van der Waals surface area contributed by atoms with Crippen molar-refractivity contribution in [1.29, 1.82) is 0 Å². The molecule has 0 fully saturated rings. The summed E-state index contributed by atoms with van der Waals surface area (Å²) < 4.78 is 4.54. The monoisotopic (exact) mass is 1100 g/mol. The van der Waals surface area contributed by atoms with Gasteiger partial charge in [-0.1, -0.05) is 176 Å². The summed E-state index contributed by atoms with van der Waals surface area (Å²) in [6.45, 7) is 8.39. The molecule has 0 aliphatic carbocycles. The van der Waals surface area contributed by atoms with Crippen LogP contribution in [0.1, 0.15) is 23.0 Å². The molecule has 406 valence electrons. The molecule has 0 aliphatic heterocycles. The number of pyridine rings is 5. The van der Waals surface area contributed by atoms with Crippen LogP contribution < -0.4 is 0 Å². The summed E-state index contributed by atoms with van der Waals surface area (Å²) in [6, 6.07) is 88.2. The van der Waals surface area contributed by atoms with Crippen molar-refractivity contribution in [3.63, 3.8) is 0 Å². The summed E-state index contributed by atoms with van der Waals surface area (Å²) in [5, 5.41) is 4.46. The van der Waals surface area contributed by atoms with Gasteiger partial charge in [0.1, 0.15) is 11.6 Å². The Balaban J connectivity index is 0.847. The van der Waals surface area contributed by atoms with Gasteiger partial charge in [0.25, 0.3) is 0 Å². The lowest BCUT2D eigenvalue weighted by molar-refractivity contribution is 1.07. The molecule has 0 saturated carbocycles. The van der Waals surface area contributed by atoms with Crippen molar-refractivity contribution in [2.24, 2.45) is 0 Å². The van der Waals surface area contributed by atoms with Crippen LogP contribution in [0.2, 0.25) is 0 Å². The van der Waals surface area contributed by atoms with Crippen molar-refractivity contribution in [1.82, 2.24) is 33.7 Å². The molecular formula is C79H55N7. The predicted molar refractivity (Wildman–Crippen MR) is 355 cm³/mol. The highest BCUT2D eigenvalue weighted by Crippen LogP contribution is 2.45. The lowest BCUT2D eigenvalue weighted by atomic mass is 9.86. The van der Waals surface area contributed by atoms with E-state index in [0.717, 1.165) is 167 Å². The number of benzene rings is 9. The quantitative estimate of drug-likeness (QED) is 0.135. The molecule has 0 spiro atoms. The fourth-order valence-electron chi connectivity index (χ4n) is 13.5. The second-order valence-electron chi connectivity index (χ2n) is 22.5. The van der Waals surface area contributed by atoms with Crippen LogP contribution in [-0.2, 0) is 0 Å². The molecule has 16 rings (SSSR count). The minimum atomic E-state index is 0.928. The molecule has 0 amide bonds. The Kier molecular flexibility index (Phi) is 12.0. The van der Waals surface area contributed by atoms with Gasteiger partial charge in [-0.2, -0.15) is 0 Å². The first-order chi connectivity index (χ1) is 42.3. The van der Waals surface area contributed by atoms with Crippen LogP contribution in [-0.4, -0.2) is 33.7 Å². The molecule has 7 heteroatoms. The Morgan fingerprint density at radius 3 is 1.12 bits per heavy atom. The number of nitrogens with zero attached hydrogens (tertiary/aromatic N) is 7. The van der Waals surface area contributed by atoms with Crippen LogP contribution in [0.5, 0.6) is 0 Å². The summed E-state index contributed by atoms with van der Waals surface area (Å²) >= 11 is 0. The Labute approximate surface area is 497 Å². The molecule has 0 unspecified atom stereocenters. The van der Waals surface area contributed by atoms with Crippen molar-refractivity contribution in [3.8, 4) is 100 Å². The van der Waals surface area contributed by atoms with Gasteiger partial charge >= 0.3 is 0 Å². The van der Waals surface area contributed by atoms with Crippen molar-refractivity contribution in [2.45, 2.75) is 27.7 Å². The number of aryl methyl sites for hydroxylation is 4. The topological polar surface area (TPSA) is 73.3 Å². The lowest BCUT2D eigenvalue weighted by Crippen LogP contribution is -1.96. The van der Waals surface area contributed by atoms with E-state index in [-0.39, 0.29) is 0 Å². The van der Waals surface area contributed by atoms with Gasteiger partial charge in [-0.25, -0.2) is 9.97 Å². The molecule has 0 bridgehead atoms. The largest absolute Gasteiger partial charge is 0.294 e. The highest BCUT2D eigenvalue weighted by molar-refractivity contribution is 6.14. The number of fused-ring (bicyclic) bond motifs is 12. The third-order valence-corrected chi connectivity index (χ3v) is 17.4. The summed E-state index contributed by atoms with van der Waals surface area (Å²) in [6.07, 6.45) is 5.69. The molecule has 7 nitrogen and oxygen atoms in total. The van der Waals surface area contributed by atoms with E-state index in [1.165, 1.54) is 11.1 Å². The first kappa shape index (κ1) is 50.6. The van der Waals surface area contributed by atoms with E-state index < -0.39 is 0 Å². The third-order valence-electron chi connectivity index (χ3n) is 17.4. The first-order valence-corrected chi connectivity index (χ1v) is 29.3. The van der Waals surface area contributed by atoms with E-state index in [4.69, 9.17) is 24.9 Å². The summed E-state index contributed by atoms with van der Waals surface area (Å²) in [5.74, 6) is 1.89. The van der Waals surface area contributed by atoms with Gasteiger partial charge in [-0.05, 0) is 183 Å². The number of hydrogen-bond donors (Lipinski definition) is 0. The van der Waals surface area contributed by atoms with Crippen molar-refractivity contribution < 1.29 is 0 Å². The van der Waals surface area contributed by atoms with Gasteiger partial charge in [0.2, 0.25) is 0 Å². The van der Waals surface area contributed by atoms with Crippen LogP contribution >= 0.6 is 0 Å². The molecule has 0 saturated heterocycles. The van der Waals surface area contributed by atoms with Crippen LogP contribution in [0.3, 0.4) is 0 Å². The molecule has 0 N–H and O–H groups in total. The maximum absolute atomic E-state index is 5.00. The van der Waals surface area contributed by atoms with Gasteiger partial charge in [-0.3, -0.25) is 23.8 Å². The average molecular weight is 1100 g/mol. The Morgan fingerprint density at radius 2 is 0.640 bits per heavy atom. The summed E-state index contributed by atoms with van der Waals surface area (Å²) in [5.41, 5.74) is 28.4. The van der Waals surface area contributed by atoms with Crippen LogP contribution in [0, 0.1) is 27.7 Å². The van der Waals surface area contributed by atoms with E-state index in [2.05, 4.69) is 267 Å². The zero-order valence-electron chi connectivity index (χ0n) is 48.0. The molecule has 0 radical (unpaired) electrons. The number of aromatic nitrogens is 7. The smallest absolute Gasteiger partial charge is 0.110 e. The average Bonchev–Trinajstić information content (AvgIpc) is 2.55. The molecule has 0 atom stereocenters. The number of imidazole rings is 2. The molecule has 9 aromatic carbocycles. The second kappa shape index (κ2) is 20.3.